The SMILES string of the molecule is Cc1cc(C)c(C)c(S(=O)(=O)N2CCOCC2)c1C. The van der Waals surface area contributed by atoms with Gasteiger partial charge in [0.15, 0.2) is 0 Å². The fourth-order valence-electron chi connectivity index (χ4n) is 2.48. The minimum atomic E-state index is -3.42. The molecule has 0 aromatic heterocycles. The van der Waals surface area contributed by atoms with Crippen LogP contribution in [0.15, 0.2) is 11.0 Å². The standard InChI is InChI=1S/C14H21NO3S/c1-10-9-11(2)13(4)14(12(10)3)19(16,17)15-5-7-18-8-6-15/h9H,5-8H2,1-4H3. The largest absolute Gasteiger partial charge is 0.379 e. The van der Waals surface area contributed by atoms with Crippen LogP contribution in [0.25, 0.3) is 0 Å². The summed E-state index contributed by atoms with van der Waals surface area (Å²) in [5, 5.41) is 0. The quantitative estimate of drug-likeness (QED) is 0.833. The van der Waals surface area contributed by atoms with Crippen LogP contribution in [0.1, 0.15) is 22.3 Å². The third-order valence-electron chi connectivity index (χ3n) is 3.87. The molecule has 0 N–H and O–H groups in total. The molecule has 4 nitrogen and oxygen atoms in total. The van der Waals surface area contributed by atoms with Crippen LogP contribution < -0.4 is 0 Å². The fourth-order valence-corrected chi connectivity index (χ4v) is 4.47. The van der Waals surface area contributed by atoms with Crippen LogP contribution in [0.4, 0.5) is 0 Å². The van der Waals surface area contributed by atoms with Crippen LogP contribution in [-0.2, 0) is 14.8 Å². The molecule has 0 spiro atoms. The van der Waals surface area contributed by atoms with Crippen molar-refractivity contribution in [2.45, 2.75) is 32.6 Å². The van der Waals surface area contributed by atoms with E-state index >= 15 is 0 Å². The maximum Gasteiger partial charge on any atom is 0.243 e. The summed E-state index contributed by atoms with van der Waals surface area (Å²) in [7, 11) is -3.42. The van der Waals surface area contributed by atoms with Crippen molar-refractivity contribution in [2.75, 3.05) is 26.3 Å². The average Bonchev–Trinajstić information content (AvgIpc) is 2.37. The topological polar surface area (TPSA) is 46.6 Å². The lowest BCUT2D eigenvalue weighted by atomic mass is 10.0. The van der Waals surface area contributed by atoms with Crippen LogP contribution in [0, 0.1) is 27.7 Å². The van der Waals surface area contributed by atoms with E-state index in [1.54, 1.807) is 0 Å². The molecular weight excluding hydrogens is 262 g/mol. The smallest absolute Gasteiger partial charge is 0.243 e. The third kappa shape index (κ3) is 2.55. The van der Waals surface area contributed by atoms with E-state index in [0.717, 1.165) is 22.3 Å². The van der Waals surface area contributed by atoms with Gasteiger partial charge in [0.1, 0.15) is 0 Å². The highest BCUT2D eigenvalue weighted by atomic mass is 32.2. The number of sulfonamides is 1. The summed E-state index contributed by atoms with van der Waals surface area (Å²) < 4.78 is 32.4. The van der Waals surface area contributed by atoms with Crippen LogP contribution in [-0.4, -0.2) is 39.0 Å². The maximum atomic E-state index is 12.8. The Morgan fingerprint density at radius 2 is 1.47 bits per heavy atom. The molecule has 1 fully saturated rings. The van der Waals surface area contributed by atoms with Crippen molar-refractivity contribution >= 4 is 10.0 Å². The van der Waals surface area contributed by atoms with E-state index in [9.17, 15) is 8.42 Å². The zero-order valence-electron chi connectivity index (χ0n) is 12.0. The van der Waals surface area contributed by atoms with E-state index in [4.69, 9.17) is 4.74 Å². The van der Waals surface area contributed by atoms with E-state index in [1.807, 2.05) is 33.8 Å². The molecule has 1 aliphatic heterocycles. The molecular formula is C14H21NO3S. The van der Waals surface area contributed by atoms with Crippen molar-refractivity contribution < 1.29 is 13.2 Å². The molecule has 0 amide bonds. The molecule has 1 aromatic rings. The molecule has 0 unspecified atom stereocenters. The number of hydrogen-bond donors (Lipinski definition) is 0. The van der Waals surface area contributed by atoms with Gasteiger partial charge in [-0.1, -0.05) is 6.07 Å². The first-order valence-electron chi connectivity index (χ1n) is 6.51. The van der Waals surface area contributed by atoms with Crippen molar-refractivity contribution in [1.29, 1.82) is 0 Å². The van der Waals surface area contributed by atoms with Gasteiger partial charge in [-0.2, -0.15) is 4.31 Å². The summed E-state index contributed by atoms with van der Waals surface area (Å²) in [6, 6.07) is 2.04. The Balaban J connectivity index is 2.57. The normalized spacial score (nSPS) is 17.7. The van der Waals surface area contributed by atoms with Gasteiger partial charge in [-0.25, -0.2) is 8.42 Å². The number of ether oxygens (including phenoxy) is 1. The summed E-state index contributed by atoms with van der Waals surface area (Å²) >= 11 is 0. The molecule has 1 saturated heterocycles. The highest BCUT2D eigenvalue weighted by Gasteiger charge is 2.30. The molecule has 19 heavy (non-hydrogen) atoms. The fraction of sp³-hybridized carbons (Fsp3) is 0.571. The summed E-state index contributed by atoms with van der Waals surface area (Å²) in [5.74, 6) is 0. The first-order valence-corrected chi connectivity index (χ1v) is 7.95. The number of rotatable bonds is 2. The predicted octanol–water partition coefficient (Wildman–Crippen LogP) is 1.94. The molecule has 0 saturated carbocycles. The molecule has 5 heteroatoms. The number of benzene rings is 1. The van der Waals surface area contributed by atoms with Gasteiger partial charge < -0.3 is 4.74 Å². The minimum Gasteiger partial charge on any atom is -0.379 e. The molecule has 0 bridgehead atoms. The highest BCUT2D eigenvalue weighted by molar-refractivity contribution is 7.89. The summed E-state index contributed by atoms with van der Waals surface area (Å²) in [4.78, 5) is 0.479. The molecule has 1 heterocycles. The second kappa shape index (κ2) is 5.23. The summed E-state index contributed by atoms with van der Waals surface area (Å²) in [6.45, 7) is 9.51. The van der Waals surface area contributed by atoms with Crippen LogP contribution in [0.3, 0.4) is 0 Å². The van der Waals surface area contributed by atoms with Crippen molar-refractivity contribution in [3.8, 4) is 0 Å². The molecule has 0 atom stereocenters. The van der Waals surface area contributed by atoms with Crippen molar-refractivity contribution in [3.63, 3.8) is 0 Å². The van der Waals surface area contributed by atoms with Gasteiger partial charge in [0, 0.05) is 13.1 Å². The van der Waals surface area contributed by atoms with Gasteiger partial charge in [-0.05, 0) is 49.9 Å². The first-order chi connectivity index (χ1) is 8.85. The van der Waals surface area contributed by atoms with Crippen LogP contribution in [0.5, 0.6) is 0 Å². The van der Waals surface area contributed by atoms with E-state index in [2.05, 4.69) is 0 Å². The minimum absolute atomic E-state index is 0.439. The van der Waals surface area contributed by atoms with Crippen molar-refractivity contribution in [3.05, 3.63) is 28.3 Å². The molecule has 0 aliphatic carbocycles. The zero-order chi connectivity index (χ0) is 14.2. The third-order valence-corrected chi connectivity index (χ3v) is 6.04. The van der Waals surface area contributed by atoms with Crippen LogP contribution in [0.2, 0.25) is 0 Å². The van der Waals surface area contributed by atoms with E-state index in [-0.39, 0.29) is 0 Å². The van der Waals surface area contributed by atoms with Gasteiger partial charge in [0.25, 0.3) is 0 Å². The Morgan fingerprint density at radius 1 is 1.00 bits per heavy atom. The number of aryl methyl sites for hydroxylation is 2. The Kier molecular flexibility index (Phi) is 3.99. The molecule has 2 rings (SSSR count). The number of morpholine rings is 1. The lowest BCUT2D eigenvalue weighted by molar-refractivity contribution is 0.0730. The van der Waals surface area contributed by atoms with Crippen molar-refractivity contribution in [2.24, 2.45) is 0 Å². The summed E-state index contributed by atoms with van der Waals surface area (Å²) in [6.07, 6.45) is 0. The monoisotopic (exact) mass is 283 g/mol. The molecule has 106 valence electrons. The Bertz CT molecular complexity index is 561. The van der Waals surface area contributed by atoms with Gasteiger partial charge >= 0.3 is 0 Å². The average molecular weight is 283 g/mol. The van der Waals surface area contributed by atoms with Gasteiger partial charge in [0.05, 0.1) is 18.1 Å². The number of hydrogen-bond acceptors (Lipinski definition) is 3. The Labute approximate surface area is 115 Å². The Hall–Kier alpha value is -0.910. The van der Waals surface area contributed by atoms with E-state index in [1.165, 1.54) is 4.31 Å². The lowest BCUT2D eigenvalue weighted by Gasteiger charge is -2.28. The number of nitrogens with zero attached hydrogens (tertiary/aromatic N) is 1. The second-order valence-corrected chi connectivity index (χ2v) is 6.98. The second-order valence-electron chi connectivity index (χ2n) is 5.11. The molecule has 1 aromatic carbocycles. The van der Waals surface area contributed by atoms with E-state index in [0.29, 0.717) is 31.2 Å². The predicted molar refractivity (Wildman–Crippen MR) is 75.0 cm³/mol. The Morgan fingerprint density at radius 3 is 1.95 bits per heavy atom. The van der Waals surface area contributed by atoms with Crippen molar-refractivity contribution in [1.82, 2.24) is 4.31 Å². The lowest BCUT2D eigenvalue weighted by Crippen LogP contribution is -2.41. The molecule has 0 radical (unpaired) electrons. The van der Waals surface area contributed by atoms with Gasteiger partial charge in [0.2, 0.25) is 10.0 Å². The van der Waals surface area contributed by atoms with Gasteiger partial charge in [-0.15, -0.1) is 0 Å². The first kappa shape index (κ1) is 14.5. The van der Waals surface area contributed by atoms with Crippen LogP contribution >= 0.6 is 0 Å². The maximum absolute atomic E-state index is 12.8. The summed E-state index contributed by atoms with van der Waals surface area (Å²) in [5.41, 5.74) is 3.76. The highest BCUT2D eigenvalue weighted by Crippen LogP contribution is 2.28. The molecule has 1 aliphatic rings. The van der Waals surface area contributed by atoms with Gasteiger partial charge in [-0.3, -0.25) is 0 Å². The van der Waals surface area contributed by atoms with E-state index < -0.39 is 10.0 Å². The zero-order valence-corrected chi connectivity index (χ0v) is 12.8.